The van der Waals surface area contributed by atoms with E-state index in [9.17, 15) is 0 Å². The Labute approximate surface area is 95.1 Å². The van der Waals surface area contributed by atoms with Gasteiger partial charge in [0.1, 0.15) is 5.82 Å². The Kier molecular flexibility index (Phi) is 2.42. The Morgan fingerprint density at radius 3 is 2.69 bits per heavy atom. The molecular formula is C12H16N4. The van der Waals surface area contributed by atoms with Crippen LogP contribution in [0.2, 0.25) is 0 Å². The van der Waals surface area contributed by atoms with Crippen molar-refractivity contribution >= 4 is 5.82 Å². The zero-order valence-electron chi connectivity index (χ0n) is 9.81. The molecule has 0 saturated carbocycles. The molecule has 0 atom stereocenters. The molecule has 4 nitrogen and oxygen atoms in total. The van der Waals surface area contributed by atoms with E-state index in [1.54, 1.807) is 6.20 Å². The largest absolute Gasteiger partial charge is 0.383 e. The first-order valence-electron chi connectivity index (χ1n) is 5.24. The summed E-state index contributed by atoms with van der Waals surface area (Å²) in [5.41, 5.74) is 7.78. The van der Waals surface area contributed by atoms with Crippen LogP contribution in [0.3, 0.4) is 0 Å². The predicted octanol–water partition coefficient (Wildman–Crippen LogP) is 2.28. The second-order valence-corrected chi connectivity index (χ2v) is 4.76. The first-order chi connectivity index (χ1) is 7.50. The molecule has 0 aliphatic carbocycles. The molecule has 0 saturated heterocycles. The zero-order valence-corrected chi connectivity index (χ0v) is 9.81. The van der Waals surface area contributed by atoms with Gasteiger partial charge < -0.3 is 10.3 Å². The van der Waals surface area contributed by atoms with Gasteiger partial charge in [0.05, 0.1) is 18.2 Å². The van der Waals surface area contributed by atoms with Gasteiger partial charge in [0.25, 0.3) is 0 Å². The number of nitrogens with zero attached hydrogens (tertiary/aromatic N) is 3. The summed E-state index contributed by atoms with van der Waals surface area (Å²) >= 11 is 0. The molecule has 0 unspecified atom stereocenters. The fourth-order valence-corrected chi connectivity index (χ4v) is 1.66. The minimum absolute atomic E-state index is 0.0197. The topological polar surface area (TPSA) is 56.7 Å². The summed E-state index contributed by atoms with van der Waals surface area (Å²) in [6.45, 7) is 6.39. The monoisotopic (exact) mass is 216 g/mol. The lowest BCUT2D eigenvalue weighted by molar-refractivity contribution is 0.400. The first kappa shape index (κ1) is 10.7. The highest BCUT2D eigenvalue weighted by Crippen LogP contribution is 2.28. The minimum Gasteiger partial charge on any atom is -0.383 e. The van der Waals surface area contributed by atoms with Crippen LogP contribution in [0.25, 0.3) is 11.3 Å². The average molecular weight is 216 g/mol. The van der Waals surface area contributed by atoms with Gasteiger partial charge in [-0.1, -0.05) is 0 Å². The SMILES string of the molecule is CC(C)(C)n1cncc1-c1cccnc1N. The van der Waals surface area contributed by atoms with Gasteiger partial charge in [-0.05, 0) is 32.9 Å². The zero-order chi connectivity index (χ0) is 11.8. The van der Waals surface area contributed by atoms with E-state index in [2.05, 4.69) is 35.3 Å². The molecule has 0 spiro atoms. The molecule has 2 N–H and O–H groups in total. The molecule has 84 valence electrons. The van der Waals surface area contributed by atoms with Crippen LogP contribution in [-0.4, -0.2) is 14.5 Å². The van der Waals surface area contributed by atoms with Crippen molar-refractivity contribution in [1.82, 2.24) is 14.5 Å². The number of rotatable bonds is 1. The standard InChI is InChI=1S/C12H16N4/c1-12(2,3)16-8-14-7-10(16)9-5-4-6-15-11(9)13/h4-8H,1-3H3,(H2,13,15). The molecule has 0 aromatic carbocycles. The summed E-state index contributed by atoms with van der Waals surface area (Å²) in [5.74, 6) is 0.536. The second-order valence-electron chi connectivity index (χ2n) is 4.76. The lowest BCUT2D eigenvalue weighted by atomic mass is 10.1. The van der Waals surface area contributed by atoms with Crippen LogP contribution in [0.4, 0.5) is 5.82 Å². The van der Waals surface area contributed by atoms with E-state index < -0.39 is 0 Å². The summed E-state index contributed by atoms with van der Waals surface area (Å²) in [6.07, 6.45) is 5.33. The van der Waals surface area contributed by atoms with Crippen molar-refractivity contribution in [3.05, 3.63) is 30.9 Å². The van der Waals surface area contributed by atoms with Crippen LogP contribution < -0.4 is 5.73 Å². The van der Waals surface area contributed by atoms with Gasteiger partial charge >= 0.3 is 0 Å². The van der Waals surface area contributed by atoms with E-state index in [1.807, 2.05) is 24.7 Å². The van der Waals surface area contributed by atoms with Crippen molar-refractivity contribution in [2.75, 3.05) is 5.73 Å². The number of anilines is 1. The normalized spacial score (nSPS) is 11.7. The molecule has 16 heavy (non-hydrogen) atoms. The minimum atomic E-state index is -0.0197. The molecule has 0 aliphatic rings. The number of pyridine rings is 1. The molecule has 2 aromatic rings. The van der Waals surface area contributed by atoms with Gasteiger partial charge in [-0.25, -0.2) is 9.97 Å². The molecule has 0 bridgehead atoms. The van der Waals surface area contributed by atoms with Crippen LogP contribution in [0.15, 0.2) is 30.9 Å². The molecule has 0 aliphatic heterocycles. The number of nitrogens with two attached hydrogens (primary N) is 1. The van der Waals surface area contributed by atoms with Crippen LogP contribution in [0, 0.1) is 0 Å². The number of nitrogen functional groups attached to an aromatic ring is 1. The highest BCUT2D eigenvalue weighted by Gasteiger charge is 2.18. The molecule has 2 aromatic heterocycles. The third-order valence-corrected chi connectivity index (χ3v) is 2.48. The van der Waals surface area contributed by atoms with Crippen molar-refractivity contribution in [2.24, 2.45) is 0 Å². The number of aromatic nitrogens is 3. The van der Waals surface area contributed by atoms with Gasteiger partial charge in [-0.2, -0.15) is 0 Å². The molecule has 0 amide bonds. The van der Waals surface area contributed by atoms with E-state index in [0.29, 0.717) is 5.82 Å². The van der Waals surface area contributed by atoms with E-state index in [-0.39, 0.29) is 5.54 Å². The Morgan fingerprint density at radius 1 is 1.31 bits per heavy atom. The second kappa shape index (κ2) is 3.63. The van der Waals surface area contributed by atoms with Gasteiger partial charge in [0, 0.05) is 17.3 Å². The summed E-state index contributed by atoms with van der Waals surface area (Å²) < 4.78 is 2.10. The molecule has 4 heteroatoms. The van der Waals surface area contributed by atoms with Crippen LogP contribution >= 0.6 is 0 Å². The third kappa shape index (κ3) is 1.78. The maximum Gasteiger partial charge on any atom is 0.132 e. The lowest BCUT2D eigenvalue weighted by Crippen LogP contribution is -2.21. The van der Waals surface area contributed by atoms with E-state index in [1.165, 1.54) is 0 Å². The van der Waals surface area contributed by atoms with Crippen molar-refractivity contribution in [2.45, 2.75) is 26.3 Å². The van der Waals surface area contributed by atoms with E-state index >= 15 is 0 Å². The molecule has 2 heterocycles. The van der Waals surface area contributed by atoms with Crippen molar-refractivity contribution < 1.29 is 0 Å². The van der Waals surface area contributed by atoms with Crippen LogP contribution in [0.1, 0.15) is 20.8 Å². The molecular weight excluding hydrogens is 200 g/mol. The van der Waals surface area contributed by atoms with Crippen molar-refractivity contribution in [1.29, 1.82) is 0 Å². The first-order valence-corrected chi connectivity index (χ1v) is 5.24. The third-order valence-electron chi connectivity index (χ3n) is 2.48. The fourth-order valence-electron chi connectivity index (χ4n) is 1.66. The number of imidazole rings is 1. The quantitative estimate of drug-likeness (QED) is 0.795. The summed E-state index contributed by atoms with van der Waals surface area (Å²) in [6, 6.07) is 3.84. The maximum atomic E-state index is 5.87. The van der Waals surface area contributed by atoms with Gasteiger partial charge in [0.2, 0.25) is 0 Å². The van der Waals surface area contributed by atoms with E-state index in [4.69, 9.17) is 5.73 Å². The van der Waals surface area contributed by atoms with E-state index in [0.717, 1.165) is 11.3 Å². The van der Waals surface area contributed by atoms with Gasteiger partial charge in [-0.15, -0.1) is 0 Å². The molecule has 0 fully saturated rings. The average Bonchev–Trinajstić information content (AvgIpc) is 2.66. The maximum absolute atomic E-state index is 5.87. The highest BCUT2D eigenvalue weighted by atomic mass is 15.1. The highest BCUT2D eigenvalue weighted by molar-refractivity contribution is 5.70. The smallest absolute Gasteiger partial charge is 0.132 e. The van der Waals surface area contributed by atoms with Crippen LogP contribution in [-0.2, 0) is 5.54 Å². The van der Waals surface area contributed by atoms with Crippen molar-refractivity contribution in [3.63, 3.8) is 0 Å². The summed E-state index contributed by atoms with van der Waals surface area (Å²) in [5, 5.41) is 0. The Bertz CT molecular complexity index is 494. The number of hydrogen-bond acceptors (Lipinski definition) is 3. The Hall–Kier alpha value is -1.84. The Balaban J connectivity index is 2.58. The van der Waals surface area contributed by atoms with Gasteiger partial charge in [-0.3, -0.25) is 0 Å². The summed E-state index contributed by atoms with van der Waals surface area (Å²) in [7, 11) is 0. The fraction of sp³-hybridized carbons (Fsp3) is 0.333. The number of hydrogen-bond donors (Lipinski definition) is 1. The van der Waals surface area contributed by atoms with Gasteiger partial charge in [0.15, 0.2) is 0 Å². The Morgan fingerprint density at radius 2 is 2.06 bits per heavy atom. The van der Waals surface area contributed by atoms with Crippen LogP contribution in [0.5, 0.6) is 0 Å². The van der Waals surface area contributed by atoms with Crippen molar-refractivity contribution in [3.8, 4) is 11.3 Å². The lowest BCUT2D eigenvalue weighted by Gasteiger charge is -2.23. The molecule has 0 radical (unpaired) electrons. The molecule has 2 rings (SSSR count). The predicted molar refractivity (Wildman–Crippen MR) is 64.9 cm³/mol. The summed E-state index contributed by atoms with van der Waals surface area (Å²) in [4.78, 5) is 8.28.